The predicted molar refractivity (Wildman–Crippen MR) is 69.2 cm³/mol. The van der Waals surface area contributed by atoms with Crippen molar-refractivity contribution in [3.63, 3.8) is 0 Å². The van der Waals surface area contributed by atoms with Gasteiger partial charge in [-0.05, 0) is 19.3 Å². The van der Waals surface area contributed by atoms with Gasteiger partial charge in [0.15, 0.2) is 0 Å². The van der Waals surface area contributed by atoms with E-state index in [0.717, 1.165) is 6.42 Å². The lowest BCUT2D eigenvalue weighted by Crippen LogP contribution is -2.41. The fourth-order valence-electron chi connectivity index (χ4n) is 2.56. The van der Waals surface area contributed by atoms with Crippen LogP contribution < -0.4 is 16.6 Å². The van der Waals surface area contributed by atoms with E-state index in [1.165, 1.54) is 4.90 Å². The number of carbonyl (C=O) groups excluding carboxylic acids is 3. The number of hydrogen-bond acceptors (Lipinski definition) is 5. The van der Waals surface area contributed by atoms with Crippen LogP contribution in [-0.4, -0.2) is 47.5 Å². The van der Waals surface area contributed by atoms with Gasteiger partial charge in [-0.3, -0.25) is 19.9 Å². The molecule has 0 aromatic rings. The van der Waals surface area contributed by atoms with Gasteiger partial charge in [-0.25, -0.2) is 10.6 Å². The number of rotatable bonds is 5. The summed E-state index contributed by atoms with van der Waals surface area (Å²) in [5.41, 5.74) is 2.04. The second-order valence-electron chi connectivity index (χ2n) is 5.07. The van der Waals surface area contributed by atoms with E-state index >= 15 is 0 Å². The van der Waals surface area contributed by atoms with Crippen molar-refractivity contribution in [2.75, 3.05) is 6.54 Å². The number of ether oxygens (including phenoxy) is 1. The summed E-state index contributed by atoms with van der Waals surface area (Å²) in [6, 6.07) is -0.819. The summed E-state index contributed by atoms with van der Waals surface area (Å²) in [5, 5.41) is 2.66. The minimum absolute atomic E-state index is 0.180. The van der Waals surface area contributed by atoms with Crippen molar-refractivity contribution in [3.05, 3.63) is 0 Å². The van der Waals surface area contributed by atoms with E-state index in [1.54, 1.807) is 0 Å². The number of hydrazine groups is 1. The van der Waals surface area contributed by atoms with Crippen LogP contribution in [0.2, 0.25) is 0 Å². The number of imide groups is 1. The van der Waals surface area contributed by atoms with E-state index in [4.69, 9.17) is 10.6 Å². The van der Waals surface area contributed by atoms with E-state index in [0.29, 0.717) is 19.3 Å². The average molecular weight is 284 g/mol. The molecule has 0 bridgehead atoms. The van der Waals surface area contributed by atoms with Gasteiger partial charge in [-0.15, -0.1) is 0 Å². The van der Waals surface area contributed by atoms with Crippen LogP contribution in [0.15, 0.2) is 0 Å². The monoisotopic (exact) mass is 284 g/mol. The highest BCUT2D eigenvalue weighted by Crippen LogP contribution is 2.22. The maximum atomic E-state index is 12.1. The highest BCUT2D eigenvalue weighted by molar-refractivity contribution is 6.04. The number of nitrogens with two attached hydrogens (primary N) is 1. The minimum Gasteiger partial charge on any atom is -0.363 e. The largest absolute Gasteiger partial charge is 0.363 e. The lowest BCUT2D eigenvalue weighted by atomic mass is 10.1. The second kappa shape index (κ2) is 6.19. The number of amides is 4. The molecule has 3 atom stereocenters. The molecule has 2 rings (SSSR count). The Morgan fingerprint density at radius 3 is 2.90 bits per heavy atom. The Hall–Kier alpha value is -1.67. The molecule has 112 valence electrons. The van der Waals surface area contributed by atoms with Gasteiger partial charge < -0.3 is 10.1 Å². The van der Waals surface area contributed by atoms with Crippen LogP contribution in [0.4, 0.5) is 4.79 Å². The van der Waals surface area contributed by atoms with Crippen molar-refractivity contribution >= 4 is 17.8 Å². The van der Waals surface area contributed by atoms with Gasteiger partial charge in [0.1, 0.15) is 12.1 Å². The van der Waals surface area contributed by atoms with Gasteiger partial charge in [-0.2, -0.15) is 0 Å². The average Bonchev–Trinajstić information content (AvgIpc) is 2.99. The summed E-state index contributed by atoms with van der Waals surface area (Å²) < 4.78 is 5.50. The lowest BCUT2D eigenvalue weighted by molar-refractivity contribution is -0.133. The van der Waals surface area contributed by atoms with Gasteiger partial charge in [0.25, 0.3) is 11.8 Å². The van der Waals surface area contributed by atoms with Gasteiger partial charge in [0, 0.05) is 0 Å². The third kappa shape index (κ3) is 2.91. The van der Waals surface area contributed by atoms with Gasteiger partial charge >= 0.3 is 6.03 Å². The predicted octanol–water partition coefficient (Wildman–Crippen LogP) is -0.756. The zero-order chi connectivity index (χ0) is 14.7. The van der Waals surface area contributed by atoms with Crippen LogP contribution >= 0.6 is 0 Å². The first-order valence-corrected chi connectivity index (χ1v) is 6.84. The molecule has 0 aromatic carbocycles. The first-order valence-electron chi connectivity index (χ1n) is 6.84. The van der Waals surface area contributed by atoms with E-state index < -0.39 is 12.1 Å². The fraction of sp³-hybridized carbons (Fsp3) is 0.750. The Morgan fingerprint density at radius 1 is 1.50 bits per heavy atom. The van der Waals surface area contributed by atoms with Crippen molar-refractivity contribution in [1.82, 2.24) is 15.6 Å². The molecule has 0 aliphatic carbocycles. The van der Waals surface area contributed by atoms with Crippen molar-refractivity contribution in [2.45, 2.75) is 50.9 Å². The molecule has 0 spiro atoms. The van der Waals surface area contributed by atoms with Crippen molar-refractivity contribution in [1.29, 1.82) is 0 Å². The highest BCUT2D eigenvalue weighted by Gasteiger charge is 2.40. The summed E-state index contributed by atoms with van der Waals surface area (Å²) in [7, 11) is 0. The number of nitrogens with zero attached hydrogens (tertiary/aromatic N) is 1. The normalized spacial score (nSPS) is 29.7. The quantitative estimate of drug-likeness (QED) is 0.266. The molecule has 0 radical (unpaired) electrons. The van der Waals surface area contributed by atoms with Crippen LogP contribution in [0.25, 0.3) is 0 Å². The molecule has 0 saturated carbocycles. The Balaban J connectivity index is 1.89. The standard InChI is InChI=1S/C12H20N4O4/c1-2-3-8-11(18)16(12(19)14-8)6-7-4-5-9(20-7)10(17)15-13/h7-9H,2-6,13H2,1H3,(H,14,19)(H,15,17). The van der Waals surface area contributed by atoms with Crippen molar-refractivity contribution in [2.24, 2.45) is 5.84 Å². The molecule has 2 saturated heterocycles. The third-order valence-electron chi connectivity index (χ3n) is 3.61. The topological polar surface area (TPSA) is 114 Å². The third-order valence-corrected chi connectivity index (χ3v) is 3.61. The molecule has 2 aliphatic rings. The summed E-state index contributed by atoms with van der Waals surface area (Å²) in [5.74, 6) is 4.45. The maximum absolute atomic E-state index is 12.1. The molecule has 0 aromatic heterocycles. The zero-order valence-corrected chi connectivity index (χ0v) is 11.4. The number of carbonyl (C=O) groups is 3. The molecule has 3 unspecified atom stereocenters. The first kappa shape index (κ1) is 14.7. The van der Waals surface area contributed by atoms with Gasteiger partial charge in [-0.1, -0.05) is 13.3 Å². The summed E-state index contributed by atoms with van der Waals surface area (Å²) in [6.07, 6.45) is 1.70. The molecule has 8 heteroatoms. The summed E-state index contributed by atoms with van der Waals surface area (Å²) >= 11 is 0. The minimum atomic E-state index is -0.600. The van der Waals surface area contributed by atoms with E-state index in [1.807, 2.05) is 12.3 Å². The maximum Gasteiger partial charge on any atom is 0.324 e. The Kier molecular flexibility index (Phi) is 4.56. The molecule has 4 N–H and O–H groups in total. The number of urea groups is 1. The molecule has 4 amide bonds. The van der Waals surface area contributed by atoms with Gasteiger partial charge in [0.05, 0.1) is 12.6 Å². The molecule has 20 heavy (non-hydrogen) atoms. The highest BCUT2D eigenvalue weighted by atomic mass is 16.5. The Bertz CT molecular complexity index is 414. The molecule has 2 fully saturated rings. The van der Waals surface area contributed by atoms with Crippen molar-refractivity contribution in [3.8, 4) is 0 Å². The van der Waals surface area contributed by atoms with E-state index in [-0.39, 0.29) is 30.5 Å². The zero-order valence-electron chi connectivity index (χ0n) is 11.4. The van der Waals surface area contributed by atoms with Crippen LogP contribution in [0.3, 0.4) is 0 Å². The van der Waals surface area contributed by atoms with Crippen LogP contribution in [0, 0.1) is 0 Å². The molecule has 2 aliphatic heterocycles. The molecule has 8 nitrogen and oxygen atoms in total. The number of hydrogen-bond donors (Lipinski definition) is 3. The van der Waals surface area contributed by atoms with Gasteiger partial charge in [0.2, 0.25) is 0 Å². The molecular weight excluding hydrogens is 264 g/mol. The van der Waals surface area contributed by atoms with Crippen LogP contribution in [0.5, 0.6) is 0 Å². The lowest BCUT2D eigenvalue weighted by Gasteiger charge is -2.18. The Labute approximate surface area is 117 Å². The van der Waals surface area contributed by atoms with E-state index in [9.17, 15) is 14.4 Å². The van der Waals surface area contributed by atoms with E-state index in [2.05, 4.69) is 5.32 Å². The second-order valence-corrected chi connectivity index (χ2v) is 5.07. The van der Waals surface area contributed by atoms with Crippen molar-refractivity contribution < 1.29 is 19.1 Å². The number of nitrogens with one attached hydrogen (secondary N) is 2. The first-order chi connectivity index (χ1) is 9.56. The van der Waals surface area contributed by atoms with Crippen LogP contribution in [0.1, 0.15) is 32.6 Å². The Morgan fingerprint density at radius 2 is 2.25 bits per heavy atom. The SMILES string of the molecule is CCCC1NC(=O)N(CC2CCC(C(=O)NN)O2)C1=O. The summed E-state index contributed by atoms with van der Waals surface area (Å²) in [6.45, 7) is 2.14. The summed E-state index contributed by atoms with van der Waals surface area (Å²) in [4.78, 5) is 36.3. The smallest absolute Gasteiger partial charge is 0.324 e. The fourth-order valence-corrected chi connectivity index (χ4v) is 2.56. The van der Waals surface area contributed by atoms with Crippen LogP contribution in [-0.2, 0) is 14.3 Å². The molecule has 2 heterocycles. The molecular formula is C12H20N4O4.